The number of rotatable bonds is 2. The van der Waals surface area contributed by atoms with E-state index in [2.05, 4.69) is 10.4 Å². The summed E-state index contributed by atoms with van der Waals surface area (Å²) in [6.45, 7) is 0. The van der Waals surface area contributed by atoms with E-state index in [4.69, 9.17) is 16.0 Å². The highest BCUT2D eigenvalue weighted by molar-refractivity contribution is 6.30. The van der Waals surface area contributed by atoms with Crippen LogP contribution in [-0.4, -0.2) is 15.7 Å². The van der Waals surface area contributed by atoms with E-state index in [1.165, 1.54) is 0 Å². The summed E-state index contributed by atoms with van der Waals surface area (Å²) in [7, 11) is 1.81. The molecule has 0 spiro atoms. The first-order valence-electron chi connectivity index (χ1n) is 7.29. The van der Waals surface area contributed by atoms with Crippen LogP contribution in [0.4, 0.5) is 5.82 Å². The van der Waals surface area contributed by atoms with Crippen molar-refractivity contribution in [1.82, 2.24) is 9.78 Å². The van der Waals surface area contributed by atoms with E-state index >= 15 is 0 Å². The van der Waals surface area contributed by atoms with Gasteiger partial charge in [-0.25, -0.2) is 0 Å². The first-order valence-corrected chi connectivity index (χ1v) is 7.67. The van der Waals surface area contributed by atoms with Crippen LogP contribution >= 0.6 is 11.6 Å². The lowest BCUT2D eigenvalue weighted by molar-refractivity contribution is -0.116. The predicted octanol–water partition coefficient (Wildman–Crippen LogP) is 3.81. The topological polar surface area (TPSA) is 60.1 Å². The van der Waals surface area contributed by atoms with Crippen LogP contribution in [0.2, 0.25) is 5.02 Å². The molecule has 5 nitrogen and oxygen atoms in total. The summed E-state index contributed by atoms with van der Waals surface area (Å²) in [5, 5.41) is 7.74. The highest BCUT2D eigenvalue weighted by atomic mass is 35.5. The molecule has 1 aliphatic rings. The average molecular weight is 328 g/mol. The van der Waals surface area contributed by atoms with Crippen LogP contribution in [-0.2, 0) is 11.8 Å². The van der Waals surface area contributed by atoms with Gasteiger partial charge in [0, 0.05) is 29.6 Å². The molecule has 1 aromatic carbocycles. The molecule has 1 N–H and O–H groups in total. The molecule has 0 saturated heterocycles. The van der Waals surface area contributed by atoms with Gasteiger partial charge in [-0.05, 0) is 24.3 Å². The maximum atomic E-state index is 12.0. The molecule has 0 fully saturated rings. The minimum absolute atomic E-state index is 0.0354. The third-order valence-electron chi connectivity index (χ3n) is 4.07. The van der Waals surface area contributed by atoms with Gasteiger partial charge in [0.05, 0.1) is 12.1 Å². The zero-order chi connectivity index (χ0) is 16.0. The molecule has 116 valence electrons. The summed E-state index contributed by atoms with van der Waals surface area (Å²) in [6, 6.07) is 11.3. The van der Waals surface area contributed by atoms with Crippen molar-refractivity contribution in [3.63, 3.8) is 0 Å². The van der Waals surface area contributed by atoms with Crippen LogP contribution < -0.4 is 5.32 Å². The SMILES string of the molecule is Cn1ncc2c1NC(=O)C[C@H]2c1ccc(-c2cccc(Cl)c2)o1. The van der Waals surface area contributed by atoms with E-state index in [0.717, 1.165) is 28.5 Å². The van der Waals surface area contributed by atoms with Crippen LogP contribution in [0.1, 0.15) is 23.7 Å². The van der Waals surface area contributed by atoms with Crippen molar-refractivity contribution in [2.75, 3.05) is 5.32 Å². The summed E-state index contributed by atoms with van der Waals surface area (Å²) in [5.41, 5.74) is 1.88. The van der Waals surface area contributed by atoms with Crippen molar-refractivity contribution in [3.8, 4) is 11.3 Å². The first kappa shape index (κ1) is 14.1. The average Bonchev–Trinajstić information content (AvgIpc) is 3.15. The molecule has 0 saturated carbocycles. The fraction of sp³-hybridized carbons (Fsp3) is 0.176. The number of amides is 1. The molecular weight excluding hydrogens is 314 g/mol. The molecule has 1 atom stereocenters. The number of fused-ring (bicyclic) bond motifs is 1. The van der Waals surface area contributed by atoms with Crippen molar-refractivity contribution in [3.05, 3.63) is 58.9 Å². The lowest BCUT2D eigenvalue weighted by Crippen LogP contribution is -2.24. The molecule has 0 unspecified atom stereocenters. The second kappa shape index (κ2) is 5.28. The van der Waals surface area contributed by atoms with Crippen molar-refractivity contribution >= 4 is 23.3 Å². The lowest BCUT2D eigenvalue weighted by atomic mass is 9.92. The molecule has 6 heteroatoms. The molecule has 1 aliphatic heterocycles. The molecular formula is C17H14ClN3O2. The Hall–Kier alpha value is -2.53. The minimum atomic E-state index is -0.125. The summed E-state index contributed by atoms with van der Waals surface area (Å²) < 4.78 is 7.67. The first-order chi connectivity index (χ1) is 11.1. The predicted molar refractivity (Wildman–Crippen MR) is 87.5 cm³/mol. The maximum absolute atomic E-state index is 12.0. The molecule has 3 heterocycles. The van der Waals surface area contributed by atoms with Crippen molar-refractivity contribution in [2.45, 2.75) is 12.3 Å². The zero-order valence-corrected chi connectivity index (χ0v) is 13.2. The largest absolute Gasteiger partial charge is 0.460 e. The number of carbonyl (C=O) groups is 1. The number of nitrogens with one attached hydrogen (secondary N) is 1. The Kier molecular flexibility index (Phi) is 3.23. The zero-order valence-electron chi connectivity index (χ0n) is 12.4. The van der Waals surface area contributed by atoms with E-state index in [0.29, 0.717) is 11.4 Å². The van der Waals surface area contributed by atoms with Gasteiger partial charge < -0.3 is 9.73 Å². The number of aryl methyl sites for hydroxylation is 1. The Morgan fingerprint density at radius 2 is 2.22 bits per heavy atom. The molecule has 4 rings (SSSR count). The van der Waals surface area contributed by atoms with E-state index < -0.39 is 0 Å². The number of nitrogens with zero attached hydrogens (tertiary/aromatic N) is 2. The van der Waals surface area contributed by atoms with Crippen molar-refractivity contribution < 1.29 is 9.21 Å². The molecule has 1 amide bonds. The van der Waals surface area contributed by atoms with Crippen LogP contribution in [0.15, 0.2) is 47.0 Å². The van der Waals surface area contributed by atoms with Crippen molar-refractivity contribution in [1.29, 1.82) is 0 Å². The van der Waals surface area contributed by atoms with Gasteiger partial charge in [0.15, 0.2) is 0 Å². The van der Waals surface area contributed by atoms with Crippen LogP contribution in [0.5, 0.6) is 0 Å². The van der Waals surface area contributed by atoms with E-state index in [1.54, 1.807) is 17.9 Å². The minimum Gasteiger partial charge on any atom is -0.460 e. The van der Waals surface area contributed by atoms with Gasteiger partial charge in [-0.3, -0.25) is 9.48 Å². The van der Waals surface area contributed by atoms with Gasteiger partial charge in [-0.15, -0.1) is 0 Å². The fourth-order valence-corrected chi connectivity index (χ4v) is 3.12. The molecule has 2 aromatic heterocycles. The fourth-order valence-electron chi connectivity index (χ4n) is 2.93. The standard InChI is InChI=1S/C17H14ClN3O2/c1-21-17-13(9-19-21)12(8-16(22)20-17)15-6-5-14(23-15)10-3-2-4-11(18)7-10/h2-7,9,12H,8H2,1H3,(H,20,22)/t12-/m1/s1. The van der Waals surface area contributed by atoms with Crippen LogP contribution in [0.25, 0.3) is 11.3 Å². The smallest absolute Gasteiger partial charge is 0.226 e. The Labute approximate surface area is 137 Å². The third-order valence-corrected chi connectivity index (χ3v) is 4.30. The normalized spacial score (nSPS) is 17.0. The molecule has 0 bridgehead atoms. The quantitative estimate of drug-likeness (QED) is 0.778. The number of carbonyl (C=O) groups excluding carboxylic acids is 1. The van der Waals surface area contributed by atoms with E-state index in [1.807, 2.05) is 36.4 Å². The number of halogens is 1. The third kappa shape index (κ3) is 2.43. The summed E-state index contributed by atoms with van der Waals surface area (Å²) in [5.74, 6) is 2.06. The molecule has 23 heavy (non-hydrogen) atoms. The second-order valence-electron chi connectivity index (χ2n) is 5.59. The summed E-state index contributed by atoms with van der Waals surface area (Å²) in [6.07, 6.45) is 2.13. The number of benzene rings is 1. The monoisotopic (exact) mass is 327 g/mol. The van der Waals surface area contributed by atoms with Gasteiger partial charge >= 0.3 is 0 Å². The highest BCUT2D eigenvalue weighted by Crippen LogP contribution is 2.38. The summed E-state index contributed by atoms with van der Waals surface area (Å²) >= 11 is 6.03. The Morgan fingerprint density at radius 1 is 1.35 bits per heavy atom. The second-order valence-corrected chi connectivity index (χ2v) is 6.03. The van der Waals surface area contributed by atoms with E-state index in [9.17, 15) is 4.79 Å². The van der Waals surface area contributed by atoms with Gasteiger partial charge in [-0.2, -0.15) is 5.10 Å². The molecule has 0 radical (unpaired) electrons. The number of aromatic nitrogens is 2. The van der Waals surface area contributed by atoms with Crippen molar-refractivity contribution in [2.24, 2.45) is 7.05 Å². The Bertz CT molecular complexity index is 897. The lowest BCUT2D eigenvalue weighted by Gasteiger charge is -2.21. The Balaban J connectivity index is 1.73. The van der Waals surface area contributed by atoms with E-state index in [-0.39, 0.29) is 11.8 Å². The highest BCUT2D eigenvalue weighted by Gasteiger charge is 2.31. The number of hydrogen-bond acceptors (Lipinski definition) is 3. The van der Waals surface area contributed by atoms with Gasteiger partial charge in [0.25, 0.3) is 0 Å². The van der Waals surface area contributed by atoms with Crippen LogP contribution in [0, 0.1) is 0 Å². The Morgan fingerprint density at radius 3 is 3.04 bits per heavy atom. The molecule has 0 aliphatic carbocycles. The maximum Gasteiger partial charge on any atom is 0.226 e. The van der Waals surface area contributed by atoms with Crippen LogP contribution in [0.3, 0.4) is 0 Å². The van der Waals surface area contributed by atoms with Gasteiger partial charge in [-0.1, -0.05) is 23.7 Å². The number of furan rings is 1. The molecule has 3 aromatic rings. The van der Waals surface area contributed by atoms with Gasteiger partial charge in [0.1, 0.15) is 17.3 Å². The van der Waals surface area contributed by atoms with Gasteiger partial charge in [0.2, 0.25) is 5.91 Å². The summed E-state index contributed by atoms with van der Waals surface area (Å²) in [4.78, 5) is 12.0. The number of hydrogen-bond donors (Lipinski definition) is 1. The number of anilines is 1.